The Morgan fingerprint density at radius 3 is 2.10 bits per heavy atom. The van der Waals surface area contributed by atoms with E-state index in [1.54, 1.807) is 12.4 Å². The topological polar surface area (TPSA) is 163 Å². The normalized spacial score (nSPS) is 34.4. The van der Waals surface area contributed by atoms with Crippen LogP contribution in [0.25, 0.3) is 11.0 Å². The number of carbonyl (C=O) groups is 2. The maximum Gasteiger partial charge on any atom is 0.412 e. The van der Waals surface area contributed by atoms with Gasteiger partial charge in [-0.05, 0) is 29.7 Å². The fourth-order valence-corrected chi connectivity index (χ4v) is 4.77. The monoisotopic (exact) mass is 431 g/mol. The summed E-state index contributed by atoms with van der Waals surface area (Å²) in [5.74, 6) is -1.37. The summed E-state index contributed by atoms with van der Waals surface area (Å²) in [6.07, 6.45) is -5.66. The maximum absolute atomic E-state index is 12.8. The van der Waals surface area contributed by atoms with Crippen molar-refractivity contribution in [2.75, 3.05) is 13.1 Å². The van der Waals surface area contributed by atoms with E-state index in [0.717, 1.165) is 28.6 Å². The summed E-state index contributed by atoms with van der Waals surface area (Å²) in [4.78, 5) is 34.2. The predicted molar refractivity (Wildman–Crippen MR) is 102 cm³/mol. The molecule has 0 radical (unpaired) electrons. The van der Waals surface area contributed by atoms with Gasteiger partial charge in [0.25, 0.3) is 0 Å². The molecule has 2 aromatic rings. The second-order valence-electron chi connectivity index (χ2n) is 8.18. The minimum Gasteiger partial charge on any atom is -0.479 e. The van der Waals surface area contributed by atoms with Crippen LogP contribution in [0.3, 0.4) is 0 Å². The van der Waals surface area contributed by atoms with Gasteiger partial charge in [0.1, 0.15) is 18.3 Å². The van der Waals surface area contributed by atoms with Crippen molar-refractivity contribution >= 4 is 23.1 Å². The molecule has 0 spiro atoms. The number of aliphatic hydroxyl groups excluding tert-OH is 3. The number of nitrogens with zero attached hydrogens (tertiary/aromatic N) is 3. The molecular weight excluding hydrogens is 410 g/mol. The number of aliphatic hydroxyl groups is 3. The number of hydrogen-bond donors (Lipinski definition) is 4. The second-order valence-corrected chi connectivity index (χ2v) is 8.18. The van der Waals surface area contributed by atoms with Crippen LogP contribution in [0.2, 0.25) is 0 Å². The highest BCUT2D eigenvalue weighted by atomic mass is 16.7. The highest BCUT2D eigenvalue weighted by Crippen LogP contribution is 2.47. The van der Waals surface area contributed by atoms with Crippen molar-refractivity contribution in [2.24, 2.45) is 0 Å². The number of aromatic nitrogens is 2. The number of hydrogen-bond acceptors (Lipinski definition) is 9. The van der Waals surface area contributed by atoms with Gasteiger partial charge >= 0.3 is 12.1 Å². The molecule has 2 fully saturated rings. The molecule has 0 unspecified atom stereocenters. The van der Waals surface area contributed by atoms with E-state index >= 15 is 0 Å². The molecule has 11 nitrogen and oxygen atoms in total. The van der Waals surface area contributed by atoms with Gasteiger partial charge in [0.2, 0.25) is 6.29 Å². The maximum atomic E-state index is 12.8. The van der Waals surface area contributed by atoms with E-state index in [1.807, 2.05) is 12.1 Å². The van der Waals surface area contributed by atoms with Crippen molar-refractivity contribution < 1.29 is 39.5 Å². The number of carboxylic acids is 1. The van der Waals surface area contributed by atoms with Crippen LogP contribution in [-0.2, 0) is 14.3 Å². The minimum absolute atomic E-state index is 0.0871. The quantitative estimate of drug-likeness (QED) is 0.490. The third-order valence-electron chi connectivity index (χ3n) is 6.29. The van der Waals surface area contributed by atoms with Gasteiger partial charge in [-0.2, -0.15) is 0 Å². The van der Waals surface area contributed by atoms with Gasteiger partial charge in [-0.1, -0.05) is 0 Å². The second kappa shape index (κ2) is 7.38. The van der Waals surface area contributed by atoms with Gasteiger partial charge in [0.15, 0.2) is 6.10 Å². The van der Waals surface area contributed by atoms with Crippen molar-refractivity contribution in [1.82, 2.24) is 14.9 Å². The first-order valence-electron chi connectivity index (χ1n) is 9.96. The van der Waals surface area contributed by atoms with Crippen LogP contribution in [0, 0.1) is 0 Å². The zero-order chi connectivity index (χ0) is 21.9. The number of amides is 1. The fourth-order valence-electron chi connectivity index (χ4n) is 4.77. The Bertz CT molecular complexity index is 998. The smallest absolute Gasteiger partial charge is 0.412 e. The highest BCUT2D eigenvalue weighted by molar-refractivity contribution is 5.78. The molecule has 1 aromatic carbocycles. The van der Waals surface area contributed by atoms with Crippen LogP contribution in [-0.4, -0.2) is 91.2 Å². The van der Waals surface area contributed by atoms with Gasteiger partial charge in [-0.3, -0.25) is 9.97 Å². The minimum atomic E-state index is -1.85. The summed E-state index contributed by atoms with van der Waals surface area (Å²) in [6, 6.07) is 4.00. The summed E-state index contributed by atoms with van der Waals surface area (Å²) >= 11 is 0. The molecule has 7 atom stereocenters. The summed E-state index contributed by atoms with van der Waals surface area (Å²) in [5.41, 5.74) is 3.81. The zero-order valence-electron chi connectivity index (χ0n) is 16.2. The van der Waals surface area contributed by atoms with Crippen molar-refractivity contribution in [3.05, 3.63) is 35.7 Å². The number of fused-ring (bicyclic) bond motifs is 6. The summed E-state index contributed by atoms with van der Waals surface area (Å²) in [6.45, 7) is 0.759. The summed E-state index contributed by atoms with van der Waals surface area (Å²) < 4.78 is 10.2. The van der Waals surface area contributed by atoms with Gasteiger partial charge < -0.3 is 34.8 Å². The van der Waals surface area contributed by atoms with E-state index < -0.39 is 42.8 Å². The molecule has 3 heterocycles. The Morgan fingerprint density at radius 1 is 0.968 bits per heavy atom. The van der Waals surface area contributed by atoms with Crippen LogP contribution >= 0.6 is 0 Å². The number of ether oxygens (including phenoxy) is 2. The summed E-state index contributed by atoms with van der Waals surface area (Å²) in [7, 11) is 0. The van der Waals surface area contributed by atoms with Crippen molar-refractivity contribution in [3.63, 3.8) is 0 Å². The summed E-state index contributed by atoms with van der Waals surface area (Å²) in [5, 5.41) is 38.9. The van der Waals surface area contributed by atoms with Crippen LogP contribution in [0.5, 0.6) is 0 Å². The number of aliphatic carboxylic acids is 1. The predicted octanol–water partition coefficient (Wildman–Crippen LogP) is -0.455. The third-order valence-corrected chi connectivity index (χ3v) is 6.29. The molecule has 0 saturated carbocycles. The first-order valence-corrected chi connectivity index (χ1v) is 9.96. The molecule has 1 amide bonds. The number of benzene rings is 1. The Morgan fingerprint density at radius 2 is 1.55 bits per heavy atom. The highest BCUT2D eigenvalue weighted by Gasteiger charge is 2.49. The van der Waals surface area contributed by atoms with E-state index in [4.69, 9.17) is 14.6 Å². The van der Waals surface area contributed by atoms with Crippen molar-refractivity contribution in [3.8, 4) is 0 Å². The molecular formula is C20H21N3O8. The van der Waals surface area contributed by atoms with E-state index in [1.165, 1.54) is 4.90 Å². The number of piperidine rings is 1. The molecule has 1 aromatic heterocycles. The SMILES string of the molecule is O=C(O)[C@H]1O[C@@H](OC(=O)N2C[C@H]3C[C@@H](C2)c2cc4nccnc4cc23)[C@H](O)[C@@H](O)[C@@H]1O. The van der Waals surface area contributed by atoms with Crippen LogP contribution in [0.4, 0.5) is 4.79 Å². The van der Waals surface area contributed by atoms with Gasteiger partial charge in [-0.25, -0.2) is 9.59 Å². The Labute approximate surface area is 175 Å². The van der Waals surface area contributed by atoms with Gasteiger partial charge in [0.05, 0.1) is 11.0 Å². The number of likely N-dealkylation sites (tertiary alicyclic amines) is 1. The van der Waals surface area contributed by atoms with E-state index in [2.05, 4.69) is 9.97 Å². The number of carboxylic acid groups (broad SMARTS) is 1. The molecule has 2 bridgehead atoms. The van der Waals surface area contributed by atoms with E-state index in [0.29, 0.717) is 13.1 Å². The molecule has 4 N–H and O–H groups in total. The van der Waals surface area contributed by atoms with Crippen LogP contribution < -0.4 is 0 Å². The average molecular weight is 431 g/mol. The molecule has 11 heteroatoms. The third kappa shape index (κ3) is 3.30. The molecule has 31 heavy (non-hydrogen) atoms. The lowest BCUT2D eigenvalue weighted by Gasteiger charge is -2.39. The average Bonchev–Trinajstić information content (AvgIpc) is 3.01. The molecule has 1 aliphatic carbocycles. The van der Waals surface area contributed by atoms with E-state index in [-0.39, 0.29) is 11.8 Å². The van der Waals surface area contributed by atoms with Crippen molar-refractivity contribution in [1.29, 1.82) is 0 Å². The Balaban J connectivity index is 1.32. The van der Waals surface area contributed by atoms with Gasteiger partial charge in [0, 0.05) is 37.3 Å². The van der Waals surface area contributed by atoms with Crippen LogP contribution in [0.15, 0.2) is 24.5 Å². The lowest BCUT2D eigenvalue weighted by atomic mass is 9.96. The van der Waals surface area contributed by atoms with Gasteiger partial charge in [-0.15, -0.1) is 0 Å². The van der Waals surface area contributed by atoms with E-state index in [9.17, 15) is 24.9 Å². The lowest BCUT2D eigenvalue weighted by molar-refractivity contribution is -0.280. The van der Waals surface area contributed by atoms with Crippen molar-refractivity contribution in [2.45, 2.75) is 49.0 Å². The number of carbonyl (C=O) groups excluding carboxylic acids is 1. The first kappa shape index (κ1) is 20.1. The number of rotatable bonds is 2. The zero-order valence-corrected chi connectivity index (χ0v) is 16.2. The molecule has 2 saturated heterocycles. The lowest BCUT2D eigenvalue weighted by Crippen LogP contribution is -2.61. The molecule has 164 valence electrons. The Kier molecular flexibility index (Phi) is 4.77. The molecule has 3 aliphatic rings. The first-order chi connectivity index (χ1) is 14.8. The fraction of sp³-hybridized carbons (Fsp3) is 0.500. The Hall–Kier alpha value is -2.86. The van der Waals surface area contributed by atoms with Crippen LogP contribution in [0.1, 0.15) is 29.4 Å². The largest absolute Gasteiger partial charge is 0.479 e. The molecule has 5 rings (SSSR count). The molecule has 2 aliphatic heterocycles. The standard InChI is InChI=1S/C20H21N3O8/c24-14-15(25)17(18(27)28)30-19(16(14)26)31-20(29)23-6-8-3-9(7-23)11-5-13-12(4-10(8)11)21-1-2-22-13/h1-2,4-5,8-9,14-17,19,24-26H,3,6-7H2,(H,27,28)/t8-,9+,14-,15-,16+,17-,19-/m0/s1.